The Morgan fingerprint density at radius 1 is 1.04 bits per heavy atom. The molecule has 0 unspecified atom stereocenters. The topological polar surface area (TPSA) is 80.2 Å². The van der Waals surface area contributed by atoms with Gasteiger partial charge in [-0.05, 0) is 36.2 Å². The maximum Gasteiger partial charge on any atom is 0.253 e. The predicted molar refractivity (Wildman–Crippen MR) is 108 cm³/mol. The molecule has 2 heterocycles. The molecule has 1 saturated heterocycles. The van der Waals surface area contributed by atoms with Crippen LogP contribution in [0.1, 0.15) is 27.6 Å². The lowest BCUT2D eigenvalue weighted by atomic mass is 10.1. The zero-order chi connectivity index (χ0) is 19.7. The summed E-state index contributed by atoms with van der Waals surface area (Å²) >= 11 is 6.23. The SMILES string of the molecule is O=C(c1ccc2nccnc2c1)N1CC[C@H](c2ccccc2Cl)S(=O)(=O)CC1. The van der Waals surface area contributed by atoms with Gasteiger partial charge in [0.15, 0.2) is 9.84 Å². The molecule has 1 aliphatic heterocycles. The lowest BCUT2D eigenvalue weighted by Crippen LogP contribution is -2.33. The van der Waals surface area contributed by atoms with Crippen LogP contribution < -0.4 is 0 Å². The van der Waals surface area contributed by atoms with Gasteiger partial charge in [-0.2, -0.15) is 0 Å². The highest BCUT2D eigenvalue weighted by molar-refractivity contribution is 7.91. The number of carbonyl (C=O) groups excluding carboxylic acids is 1. The van der Waals surface area contributed by atoms with Gasteiger partial charge < -0.3 is 4.90 Å². The molecule has 4 rings (SSSR count). The third-order valence-electron chi connectivity index (χ3n) is 5.00. The van der Waals surface area contributed by atoms with Crippen LogP contribution in [0.15, 0.2) is 54.9 Å². The second-order valence-electron chi connectivity index (χ2n) is 6.72. The van der Waals surface area contributed by atoms with E-state index in [0.29, 0.717) is 40.1 Å². The number of rotatable bonds is 2. The van der Waals surface area contributed by atoms with Crippen molar-refractivity contribution in [1.82, 2.24) is 14.9 Å². The van der Waals surface area contributed by atoms with E-state index in [1.165, 1.54) is 0 Å². The number of fused-ring (bicyclic) bond motifs is 1. The minimum atomic E-state index is -3.42. The van der Waals surface area contributed by atoms with Crippen molar-refractivity contribution in [3.63, 3.8) is 0 Å². The third-order valence-corrected chi connectivity index (χ3v) is 7.45. The zero-order valence-electron chi connectivity index (χ0n) is 15.0. The van der Waals surface area contributed by atoms with Crippen molar-refractivity contribution in [1.29, 1.82) is 0 Å². The molecule has 1 aliphatic rings. The fourth-order valence-corrected chi connectivity index (χ4v) is 5.66. The minimum absolute atomic E-state index is 0.0952. The van der Waals surface area contributed by atoms with Gasteiger partial charge in [-0.25, -0.2) is 8.42 Å². The first-order valence-corrected chi connectivity index (χ1v) is 11.0. The first kappa shape index (κ1) is 18.8. The number of halogens is 1. The van der Waals surface area contributed by atoms with Crippen LogP contribution in [0.3, 0.4) is 0 Å². The summed E-state index contributed by atoms with van der Waals surface area (Å²) in [4.78, 5) is 23.0. The van der Waals surface area contributed by atoms with Crippen LogP contribution >= 0.6 is 11.6 Å². The Labute approximate surface area is 168 Å². The van der Waals surface area contributed by atoms with E-state index in [0.717, 1.165) is 0 Å². The van der Waals surface area contributed by atoms with Gasteiger partial charge in [-0.3, -0.25) is 14.8 Å². The molecule has 1 fully saturated rings. The molecule has 0 spiro atoms. The van der Waals surface area contributed by atoms with Crippen LogP contribution in [0.4, 0.5) is 0 Å². The maximum atomic E-state index is 13.0. The number of carbonyl (C=O) groups is 1. The molecule has 1 atom stereocenters. The molecule has 0 bridgehead atoms. The number of sulfone groups is 1. The molecule has 3 aromatic rings. The molecule has 6 nitrogen and oxygen atoms in total. The molecule has 0 N–H and O–H groups in total. The molecule has 1 amide bonds. The van der Waals surface area contributed by atoms with Crippen molar-refractivity contribution in [2.24, 2.45) is 0 Å². The van der Waals surface area contributed by atoms with Crippen molar-refractivity contribution in [3.05, 3.63) is 71.0 Å². The van der Waals surface area contributed by atoms with E-state index in [2.05, 4.69) is 9.97 Å². The van der Waals surface area contributed by atoms with E-state index in [1.807, 2.05) is 0 Å². The average Bonchev–Trinajstić information content (AvgIpc) is 2.85. The Hall–Kier alpha value is -2.51. The van der Waals surface area contributed by atoms with E-state index in [4.69, 9.17) is 11.6 Å². The van der Waals surface area contributed by atoms with E-state index in [-0.39, 0.29) is 18.2 Å². The average molecular weight is 416 g/mol. The Kier molecular flexibility index (Phi) is 5.03. The summed E-state index contributed by atoms with van der Waals surface area (Å²) in [6.45, 7) is 0.493. The number of hydrogen-bond donors (Lipinski definition) is 0. The predicted octanol–water partition coefficient (Wildman–Crippen LogP) is 3.29. The van der Waals surface area contributed by atoms with E-state index >= 15 is 0 Å². The molecular formula is C20H18ClN3O3S. The lowest BCUT2D eigenvalue weighted by Gasteiger charge is -2.20. The minimum Gasteiger partial charge on any atom is -0.338 e. The number of amides is 1. The highest BCUT2D eigenvalue weighted by Gasteiger charge is 2.34. The number of nitrogens with zero attached hydrogens (tertiary/aromatic N) is 3. The molecular weight excluding hydrogens is 398 g/mol. The molecule has 0 aliphatic carbocycles. The Morgan fingerprint density at radius 3 is 2.57 bits per heavy atom. The van der Waals surface area contributed by atoms with Crippen molar-refractivity contribution < 1.29 is 13.2 Å². The number of aromatic nitrogens is 2. The van der Waals surface area contributed by atoms with Crippen molar-refractivity contribution in [2.45, 2.75) is 11.7 Å². The zero-order valence-corrected chi connectivity index (χ0v) is 16.5. The van der Waals surface area contributed by atoms with Gasteiger partial charge >= 0.3 is 0 Å². The summed E-state index contributed by atoms with van der Waals surface area (Å²) in [6, 6.07) is 12.1. The summed E-state index contributed by atoms with van der Waals surface area (Å²) in [5, 5.41) is -0.273. The van der Waals surface area contributed by atoms with Gasteiger partial charge in [-0.15, -0.1) is 0 Å². The fraction of sp³-hybridized carbons (Fsp3) is 0.250. The first-order valence-electron chi connectivity index (χ1n) is 8.92. The van der Waals surface area contributed by atoms with Crippen molar-refractivity contribution in [3.8, 4) is 0 Å². The second kappa shape index (κ2) is 7.48. The van der Waals surface area contributed by atoms with Crippen LogP contribution in [0.2, 0.25) is 5.02 Å². The molecule has 2 aromatic carbocycles. The Bertz CT molecular complexity index is 1150. The van der Waals surface area contributed by atoms with Crippen molar-refractivity contribution in [2.75, 3.05) is 18.8 Å². The first-order chi connectivity index (χ1) is 13.5. The normalized spacial score (nSPS) is 19.3. The number of benzene rings is 2. The van der Waals surface area contributed by atoms with Crippen LogP contribution in [0.25, 0.3) is 11.0 Å². The summed E-state index contributed by atoms with van der Waals surface area (Å²) in [5.74, 6) is -0.301. The Morgan fingerprint density at radius 2 is 1.79 bits per heavy atom. The smallest absolute Gasteiger partial charge is 0.253 e. The molecule has 1 aromatic heterocycles. The highest BCUT2D eigenvalue weighted by atomic mass is 35.5. The van der Waals surface area contributed by atoms with E-state index in [9.17, 15) is 13.2 Å². The van der Waals surface area contributed by atoms with Gasteiger partial charge in [0.25, 0.3) is 5.91 Å². The van der Waals surface area contributed by atoms with E-state index < -0.39 is 15.1 Å². The maximum absolute atomic E-state index is 13.0. The molecule has 8 heteroatoms. The lowest BCUT2D eigenvalue weighted by molar-refractivity contribution is 0.0766. The van der Waals surface area contributed by atoms with Gasteiger partial charge in [0.1, 0.15) is 0 Å². The summed E-state index contributed by atoms with van der Waals surface area (Å²) in [7, 11) is -3.42. The largest absolute Gasteiger partial charge is 0.338 e. The Balaban J connectivity index is 1.60. The standard InChI is InChI=1S/C20H18ClN3O3S/c21-16-4-2-1-3-15(16)19-7-10-24(11-12-28(19,26)27)20(25)14-5-6-17-18(13-14)23-9-8-22-17/h1-6,8-9,13,19H,7,10-12H2/t19-/m1/s1. The summed E-state index contributed by atoms with van der Waals surface area (Å²) in [6.07, 6.45) is 3.48. The molecule has 144 valence electrons. The van der Waals surface area contributed by atoms with E-state index in [1.54, 1.807) is 59.8 Å². The third kappa shape index (κ3) is 3.59. The van der Waals surface area contributed by atoms with Crippen LogP contribution in [-0.4, -0.2) is 48.0 Å². The van der Waals surface area contributed by atoms with Crippen LogP contribution in [-0.2, 0) is 9.84 Å². The fourth-order valence-electron chi connectivity index (χ4n) is 3.51. The number of hydrogen-bond acceptors (Lipinski definition) is 5. The van der Waals surface area contributed by atoms with Crippen LogP contribution in [0, 0.1) is 0 Å². The molecule has 0 saturated carbocycles. The van der Waals surface area contributed by atoms with Gasteiger partial charge in [-0.1, -0.05) is 29.8 Å². The quantitative estimate of drug-likeness (QED) is 0.641. The summed E-state index contributed by atoms with van der Waals surface area (Å²) in [5.41, 5.74) is 2.40. The van der Waals surface area contributed by atoms with Crippen LogP contribution in [0.5, 0.6) is 0 Å². The van der Waals surface area contributed by atoms with Crippen molar-refractivity contribution >= 4 is 38.4 Å². The summed E-state index contributed by atoms with van der Waals surface area (Å²) < 4.78 is 25.6. The second-order valence-corrected chi connectivity index (χ2v) is 9.43. The van der Waals surface area contributed by atoms with Gasteiger partial charge in [0.2, 0.25) is 0 Å². The monoisotopic (exact) mass is 415 g/mol. The molecule has 0 radical (unpaired) electrons. The van der Waals surface area contributed by atoms with Gasteiger partial charge in [0, 0.05) is 36.1 Å². The highest BCUT2D eigenvalue weighted by Crippen LogP contribution is 2.34. The van der Waals surface area contributed by atoms with Gasteiger partial charge in [0.05, 0.1) is 22.0 Å². The molecule has 28 heavy (non-hydrogen) atoms.